The molecule has 1 aromatic carbocycles. The number of thioether (sulfide) groups is 1. The van der Waals surface area contributed by atoms with Gasteiger partial charge in [0.05, 0.1) is 15.1 Å². The van der Waals surface area contributed by atoms with Crippen LogP contribution in [0.15, 0.2) is 53.7 Å². The Morgan fingerprint density at radius 3 is 2.46 bits per heavy atom. The molecule has 1 aromatic heterocycles. The molecule has 8 heteroatoms. The van der Waals surface area contributed by atoms with Gasteiger partial charge >= 0.3 is 6.18 Å². The van der Waals surface area contributed by atoms with Crippen molar-refractivity contribution in [2.24, 2.45) is 0 Å². The SMILES string of the molecule is OC(C=Cc1ccc(Cl)c(Cl)c1)(CSc1ccccn1)C(F)(F)F. The number of alkyl halides is 3. The van der Waals surface area contributed by atoms with Gasteiger partial charge in [-0.15, -0.1) is 11.8 Å². The van der Waals surface area contributed by atoms with Crippen LogP contribution >= 0.6 is 35.0 Å². The van der Waals surface area contributed by atoms with Gasteiger partial charge in [0, 0.05) is 11.9 Å². The molecule has 0 saturated heterocycles. The Hall–Kier alpha value is -1.21. The Balaban J connectivity index is 2.20. The second-order valence-corrected chi connectivity index (χ2v) is 6.70. The first-order chi connectivity index (χ1) is 11.2. The smallest absolute Gasteiger partial charge is 0.376 e. The molecule has 0 aliphatic heterocycles. The van der Waals surface area contributed by atoms with E-state index in [0.29, 0.717) is 21.7 Å². The number of pyridine rings is 1. The van der Waals surface area contributed by atoms with Crippen molar-refractivity contribution in [1.29, 1.82) is 0 Å². The van der Waals surface area contributed by atoms with Crippen molar-refractivity contribution in [3.8, 4) is 0 Å². The summed E-state index contributed by atoms with van der Waals surface area (Å²) in [6, 6.07) is 9.29. The topological polar surface area (TPSA) is 33.1 Å². The third-order valence-electron chi connectivity index (χ3n) is 3.06. The molecule has 0 bridgehead atoms. The zero-order valence-electron chi connectivity index (χ0n) is 12.1. The molecule has 0 radical (unpaired) electrons. The van der Waals surface area contributed by atoms with E-state index >= 15 is 0 Å². The second-order valence-electron chi connectivity index (χ2n) is 4.89. The number of halogens is 5. The molecule has 0 aliphatic rings. The van der Waals surface area contributed by atoms with E-state index in [2.05, 4.69) is 4.98 Å². The van der Waals surface area contributed by atoms with Crippen molar-refractivity contribution in [2.45, 2.75) is 16.8 Å². The van der Waals surface area contributed by atoms with Crippen molar-refractivity contribution >= 4 is 41.0 Å². The van der Waals surface area contributed by atoms with E-state index in [9.17, 15) is 18.3 Å². The largest absolute Gasteiger partial charge is 0.421 e. The van der Waals surface area contributed by atoms with Crippen molar-refractivity contribution in [3.05, 3.63) is 64.3 Å². The van der Waals surface area contributed by atoms with Gasteiger partial charge < -0.3 is 5.11 Å². The zero-order valence-corrected chi connectivity index (χ0v) is 14.4. The Morgan fingerprint density at radius 1 is 1.12 bits per heavy atom. The van der Waals surface area contributed by atoms with Gasteiger partial charge in [-0.2, -0.15) is 13.2 Å². The van der Waals surface area contributed by atoms with Crippen molar-refractivity contribution < 1.29 is 18.3 Å². The quantitative estimate of drug-likeness (QED) is 0.681. The lowest BCUT2D eigenvalue weighted by molar-refractivity contribution is -0.230. The second kappa shape index (κ2) is 7.78. The summed E-state index contributed by atoms with van der Waals surface area (Å²) in [5.41, 5.74) is -2.60. The lowest BCUT2D eigenvalue weighted by Gasteiger charge is -2.27. The Bertz CT molecular complexity index is 725. The molecule has 128 valence electrons. The minimum atomic E-state index is -4.83. The zero-order chi connectivity index (χ0) is 17.8. The first-order valence-electron chi connectivity index (χ1n) is 6.68. The average molecular weight is 394 g/mol. The molecular formula is C16H12Cl2F3NOS. The average Bonchev–Trinajstić information content (AvgIpc) is 2.54. The summed E-state index contributed by atoms with van der Waals surface area (Å²) >= 11 is 12.4. The van der Waals surface area contributed by atoms with Crippen LogP contribution in [-0.2, 0) is 0 Å². The third-order valence-corrected chi connectivity index (χ3v) is 4.92. The Labute approximate surface area is 151 Å². The number of hydrogen-bond donors (Lipinski definition) is 1. The number of nitrogens with zero attached hydrogens (tertiary/aromatic N) is 1. The molecule has 1 heterocycles. The highest BCUT2D eigenvalue weighted by Crippen LogP contribution is 2.36. The first-order valence-corrected chi connectivity index (χ1v) is 8.43. The van der Waals surface area contributed by atoms with Crippen LogP contribution in [-0.4, -0.2) is 27.6 Å². The van der Waals surface area contributed by atoms with E-state index in [4.69, 9.17) is 23.2 Å². The normalized spacial score (nSPS) is 14.8. The molecule has 2 nitrogen and oxygen atoms in total. The summed E-state index contributed by atoms with van der Waals surface area (Å²) in [7, 11) is 0. The van der Waals surface area contributed by atoms with Gasteiger partial charge in [0.2, 0.25) is 0 Å². The highest BCUT2D eigenvalue weighted by atomic mass is 35.5. The van der Waals surface area contributed by atoms with Crippen LogP contribution in [0.5, 0.6) is 0 Å². The van der Waals surface area contributed by atoms with Crippen LogP contribution in [0, 0.1) is 0 Å². The minimum Gasteiger partial charge on any atom is -0.376 e. The maximum atomic E-state index is 13.3. The molecule has 0 saturated carbocycles. The lowest BCUT2D eigenvalue weighted by Crippen LogP contribution is -2.45. The molecule has 2 aromatic rings. The molecule has 0 spiro atoms. The standard InChI is InChI=1S/C16H12Cl2F3NOS/c17-12-5-4-11(9-13(12)18)6-7-15(23,16(19,20)21)10-24-14-3-1-2-8-22-14/h1-9,23H,10H2. The van der Waals surface area contributed by atoms with Gasteiger partial charge in [0.1, 0.15) is 0 Å². The van der Waals surface area contributed by atoms with E-state index in [1.165, 1.54) is 24.4 Å². The summed E-state index contributed by atoms with van der Waals surface area (Å²) in [4.78, 5) is 3.93. The highest BCUT2D eigenvalue weighted by Gasteiger charge is 2.51. The molecule has 24 heavy (non-hydrogen) atoms. The maximum absolute atomic E-state index is 13.3. The van der Waals surface area contributed by atoms with Gasteiger partial charge in [-0.05, 0) is 35.9 Å². The molecule has 0 aliphatic carbocycles. The van der Waals surface area contributed by atoms with Crippen LogP contribution in [0.1, 0.15) is 5.56 Å². The first kappa shape index (κ1) is 19.1. The van der Waals surface area contributed by atoms with Crippen LogP contribution in [0.2, 0.25) is 10.0 Å². The minimum absolute atomic E-state index is 0.220. The van der Waals surface area contributed by atoms with Gasteiger partial charge in [-0.3, -0.25) is 0 Å². The van der Waals surface area contributed by atoms with E-state index in [-0.39, 0.29) is 5.02 Å². The van der Waals surface area contributed by atoms with E-state index in [1.807, 2.05) is 0 Å². The third kappa shape index (κ3) is 4.89. The number of benzene rings is 1. The van der Waals surface area contributed by atoms with Gasteiger partial charge in [-0.1, -0.05) is 41.4 Å². The van der Waals surface area contributed by atoms with Crippen LogP contribution < -0.4 is 0 Å². The van der Waals surface area contributed by atoms with Crippen LogP contribution in [0.25, 0.3) is 6.08 Å². The molecule has 2 rings (SSSR count). The summed E-state index contributed by atoms with van der Waals surface area (Å²) in [6.07, 6.45) is -1.49. The van der Waals surface area contributed by atoms with Crippen LogP contribution in [0.4, 0.5) is 13.2 Å². The van der Waals surface area contributed by atoms with Crippen molar-refractivity contribution in [2.75, 3.05) is 5.75 Å². The van der Waals surface area contributed by atoms with E-state index in [0.717, 1.165) is 17.8 Å². The van der Waals surface area contributed by atoms with E-state index in [1.54, 1.807) is 18.2 Å². The summed E-state index contributed by atoms with van der Waals surface area (Å²) in [5.74, 6) is -0.620. The molecule has 0 fully saturated rings. The Morgan fingerprint density at radius 2 is 1.88 bits per heavy atom. The number of rotatable bonds is 5. The molecule has 1 atom stereocenters. The van der Waals surface area contributed by atoms with Crippen LogP contribution in [0.3, 0.4) is 0 Å². The van der Waals surface area contributed by atoms with Gasteiger partial charge in [0.15, 0.2) is 5.60 Å². The van der Waals surface area contributed by atoms with E-state index < -0.39 is 17.5 Å². The van der Waals surface area contributed by atoms with Gasteiger partial charge in [-0.25, -0.2) is 4.98 Å². The molecule has 1 N–H and O–H groups in total. The highest BCUT2D eigenvalue weighted by molar-refractivity contribution is 7.99. The lowest BCUT2D eigenvalue weighted by atomic mass is 10.0. The number of aliphatic hydroxyl groups is 1. The Kier molecular flexibility index (Phi) is 6.20. The predicted octanol–water partition coefficient (Wildman–Crippen LogP) is 5.49. The molecule has 0 amide bonds. The predicted molar refractivity (Wildman–Crippen MR) is 91.5 cm³/mol. The summed E-state index contributed by atoms with van der Waals surface area (Å²) in [6.45, 7) is 0. The van der Waals surface area contributed by atoms with Crippen molar-refractivity contribution in [3.63, 3.8) is 0 Å². The van der Waals surface area contributed by atoms with Gasteiger partial charge in [0.25, 0.3) is 0 Å². The fourth-order valence-corrected chi connectivity index (χ4v) is 2.94. The fraction of sp³-hybridized carbons (Fsp3) is 0.188. The number of aromatic nitrogens is 1. The molecule has 1 unspecified atom stereocenters. The van der Waals surface area contributed by atoms with Crippen molar-refractivity contribution in [1.82, 2.24) is 4.98 Å². The fourth-order valence-electron chi connectivity index (χ4n) is 1.69. The maximum Gasteiger partial charge on any atom is 0.421 e. The number of hydrogen-bond acceptors (Lipinski definition) is 3. The molecular weight excluding hydrogens is 382 g/mol. The summed E-state index contributed by atoms with van der Waals surface area (Å²) < 4.78 is 39.8. The summed E-state index contributed by atoms with van der Waals surface area (Å²) in [5, 5.41) is 11.0. The monoisotopic (exact) mass is 393 g/mol.